The number of benzene rings is 1. The second-order valence-electron chi connectivity index (χ2n) is 7.23. The van der Waals surface area contributed by atoms with E-state index in [1.54, 1.807) is 21.0 Å². The Morgan fingerprint density at radius 2 is 2.09 bits per heavy atom. The van der Waals surface area contributed by atoms with Gasteiger partial charge in [-0.1, -0.05) is 6.07 Å². The smallest absolute Gasteiger partial charge is 0.350 e. The highest BCUT2D eigenvalue weighted by Gasteiger charge is 2.37. The van der Waals surface area contributed by atoms with Crippen molar-refractivity contribution >= 4 is 23.2 Å². The minimum atomic E-state index is -0.401. The van der Waals surface area contributed by atoms with E-state index in [9.17, 15) is 9.59 Å². The molecule has 0 bridgehead atoms. The lowest BCUT2D eigenvalue weighted by molar-refractivity contribution is -0.821. The Hall–Kier alpha value is -1.94. The van der Waals surface area contributed by atoms with Crippen molar-refractivity contribution in [1.29, 1.82) is 0 Å². The maximum absolute atomic E-state index is 13.1. The van der Waals surface area contributed by atoms with Gasteiger partial charge in [-0.3, -0.25) is 9.28 Å². The first-order chi connectivity index (χ1) is 10.8. The monoisotopic (exact) mass is 314 g/mol. The number of carbonyl (C=O) groups is 2. The molecule has 1 atom stereocenters. The van der Waals surface area contributed by atoms with Gasteiger partial charge in [-0.05, 0) is 56.7 Å². The number of aryl methyl sites for hydroxylation is 1. The summed E-state index contributed by atoms with van der Waals surface area (Å²) in [5.74, 6) is 1.34. The standard InChI is InChI=1S/C19H24NO3/c1-12(11-21)20(3,4)19(22)18-13(2)23-17-8-7-15(10-16(17)18)9-14-5-6-14/h7-8,10-12,14H,5-6,9H2,1-4H3/q+1. The van der Waals surface area contributed by atoms with E-state index in [4.69, 9.17) is 4.42 Å². The molecule has 122 valence electrons. The zero-order chi connectivity index (χ0) is 16.8. The van der Waals surface area contributed by atoms with Crippen molar-refractivity contribution in [3.8, 4) is 0 Å². The van der Waals surface area contributed by atoms with Crippen LogP contribution < -0.4 is 0 Å². The topological polar surface area (TPSA) is 47.3 Å². The average Bonchev–Trinajstić information content (AvgIpc) is 3.26. The first-order valence-electron chi connectivity index (χ1n) is 8.20. The van der Waals surface area contributed by atoms with E-state index >= 15 is 0 Å². The molecule has 4 nitrogen and oxygen atoms in total. The minimum absolute atomic E-state index is 0.00811. The maximum Gasteiger partial charge on any atom is 0.350 e. The predicted octanol–water partition coefficient (Wildman–Crippen LogP) is 3.50. The molecule has 1 saturated carbocycles. The zero-order valence-corrected chi connectivity index (χ0v) is 14.3. The van der Waals surface area contributed by atoms with Gasteiger partial charge < -0.3 is 4.42 Å². The van der Waals surface area contributed by atoms with Crippen molar-refractivity contribution in [1.82, 2.24) is 0 Å². The summed E-state index contributed by atoms with van der Waals surface area (Å²) in [5, 5.41) is 0.870. The molecule has 0 spiro atoms. The van der Waals surface area contributed by atoms with E-state index in [2.05, 4.69) is 12.1 Å². The second kappa shape index (κ2) is 5.60. The Morgan fingerprint density at radius 3 is 2.70 bits per heavy atom. The Morgan fingerprint density at radius 1 is 1.39 bits per heavy atom. The van der Waals surface area contributed by atoms with E-state index in [0.29, 0.717) is 11.3 Å². The molecule has 1 aliphatic carbocycles. The van der Waals surface area contributed by atoms with E-state index < -0.39 is 6.04 Å². The summed E-state index contributed by atoms with van der Waals surface area (Å²) in [5.41, 5.74) is 2.60. The summed E-state index contributed by atoms with van der Waals surface area (Å²) < 4.78 is 5.78. The normalized spacial score (nSPS) is 16.5. The molecule has 1 heterocycles. The number of fused-ring (bicyclic) bond motifs is 1. The Labute approximate surface area is 136 Å². The zero-order valence-electron chi connectivity index (χ0n) is 14.3. The number of likely N-dealkylation sites (N-methyl/N-ethyl adjacent to an activating group) is 1. The largest absolute Gasteiger partial charge is 0.460 e. The van der Waals surface area contributed by atoms with Crippen LogP contribution in [-0.2, 0) is 11.2 Å². The molecule has 2 aromatic rings. The van der Waals surface area contributed by atoms with Gasteiger partial charge >= 0.3 is 5.91 Å². The summed E-state index contributed by atoms with van der Waals surface area (Å²) >= 11 is 0. The van der Waals surface area contributed by atoms with Crippen molar-refractivity contribution in [2.24, 2.45) is 5.92 Å². The molecule has 0 saturated heterocycles. The number of amides is 1. The lowest BCUT2D eigenvalue weighted by Crippen LogP contribution is -2.52. The lowest BCUT2D eigenvalue weighted by Gasteiger charge is -2.29. The van der Waals surface area contributed by atoms with Crippen molar-refractivity contribution in [3.63, 3.8) is 0 Å². The lowest BCUT2D eigenvalue weighted by atomic mass is 10.0. The highest BCUT2D eigenvalue weighted by molar-refractivity contribution is 6.04. The average molecular weight is 314 g/mol. The molecular formula is C19H24NO3+. The summed E-state index contributed by atoms with van der Waals surface area (Å²) in [6.07, 6.45) is 4.49. The van der Waals surface area contributed by atoms with Crippen LogP contribution in [-0.4, -0.2) is 36.8 Å². The minimum Gasteiger partial charge on any atom is -0.460 e. The summed E-state index contributed by atoms with van der Waals surface area (Å²) in [4.78, 5) is 24.2. The quantitative estimate of drug-likeness (QED) is 0.627. The molecular weight excluding hydrogens is 290 g/mol. The molecule has 0 aliphatic heterocycles. The van der Waals surface area contributed by atoms with Crippen LogP contribution in [0.5, 0.6) is 0 Å². The number of carbonyl (C=O) groups excluding carboxylic acids is 2. The summed E-state index contributed by atoms with van der Waals surface area (Å²) in [6.45, 7) is 3.58. The fraction of sp³-hybridized carbons (Fsp3) is 0.474. The molecule has 1 aliphatic rings. The fourth-order valence-corrected chi connectivity index (χ4v) is 2.94. The van der Waals surface area contributed by atoms with Crippen LogP contribution in [0.1, 0.15) is 41.4 Å². The van der Waals surface area contributed by atoms with Crippen LogP contribution >= 0.6 is 0 Å². The maximum atomic E-state index is 13.1. The van der Waals surface area contributed by atoms with E-state index in [0.717, 1.165) is 29.6 Å². The molecule has 1 unspecified atom stereocenters. The van der Waals surface area contributed by atoms with Gasteiger partial charge in [0.25, 0.3) is 0 Å². The van der Waals surface area contributed by atoms with E-state index in [1.165, 1.54) is 18.4 Å². The molecule has 1 aromatic heterocycles. The van der Waals surface area contributed by atoms with E-state index in [1.807, 2.05) is 13.0 Å². The molecule has 1 amide bonds. The number of hydrogen-bond acceptors (Lipinski definition) is 3. The van der Waals surface area contributed by atoms with Gasteiger partial charge in [0.05, 0.1) is 14.1 Å². The molecule has 4 heteroatoms. The first kappa shape index (κ1) is 15.9. The van der Waals surface area contributed by atoms with Crippen molar-refractivity contribution < 1.29 is 18.5 Å². The highest BCUT2D eigenvalue weighted by atomic mass is 16.3. The Bertz CT molecular complexity index is 768. The van der Waals surface area contributed by atoms with Crippen LogP contribution in [0.25, 0.3) is 11.0 Å². The van der Waals surface area contributed by atoms with Crippen LogP contribution in [0.4, 0.5) is 0 Å². The third-order valence-electron chi connectivity index (χ3n) is 5.10. The first-order valence-corrected chi connectivity index (χ1v) is 8.20. The van der Waals surface area contributed by atoms with Crippen molar-refractivity contribution in [2.75, 3.05) is 14.1 Å². The number of aldehydes is 1. The Balaban J connectivity index is 2.06. The predicted molar refractivity (Wildman–Crippen MR) is 89.3 cm³/mol. The van der Waals surface area contributed by atoms with Gasteiger partial charge in [-0.25, -0.2) is 4.79 Å². The second-order valence-corrected chi connectivity index (χ2v) is 7.23. The third kappa shape index (κ3) is 2.83. The Kier molecular flexibility index (Phi) is 3.88. The number of rotatable bonds is 5. The van der Waals surface area contributed by atoms with Gasteiger partial charge in [0.1, 0.15) is 22.9 Å². The third-order valence-corrected chi connectivity index (χ3v) is 5.10. The molecule has 3 rings (SSSR count). The summed E-state index contributed by atoms with van der Waals surface area (Å²) in [6, 6.07) is 5.73. The highest BCUT2D eigenvalue weighted by Crippen LogP contribution is 2.35. The molecule has 1 aromatic carbocycles. The molecule has 1 fully saturated rings. The number of nitrogens with zero attached hydrogens (tertiary/aromatic N) is 1. The van der Waals surface area contributed by atoms with Crippen LogP contribution in [0.3, 0.4) is 0 Å². The molecule has 23 heavy (non-hydrogen) atoms. The van der Waals surface area contributed by atoms with Crippen LogP contribution in [0.15, 0.2) is 22.6 Å². The van der Waals surface area contributed by atoms with Gasteiger partial charge in [0.2, 0.25) is 0 Å². The van der Waals surface area contributed by atoms with Gasteiger partial charge in [-0.15, -0.1) is 0 Å². The number of furan rings is 1. The van der Waals surface area contributed by atoms with Gasteiger partial charge in [0.15, 0.2) is 6.29 Å². The number of hydrogen-bond donors (Lipinski definition) is 0. The van der Waals surface area contributed by atoms with E-state index in [-0.39, 0.29) is 10.4 Å². The summed E-state index contributed by atoms with van der Waals surface area (Å²) in [7, 11) is 3.54. The van der Waals surface area contributed by atoms with Crippen molar-refractivity contribution in [2.45, 2.75) is 39.2 Å². The van der Waals surface area contributed by atoms with Crippen LogP contribution in [0.2, 0.25) is 0 Å². The fourth-order valence-electron chi connectivity index (χ4n) is 2.94. The van der Waals surface area contributed by atoms with Gasteiger partial charge in [0, 0.05) is 5.39 Å². The molecule has 0 radical (unpaired) electrons. The number of quaternary nitrogens is 1. The van der Waals surface area contributed by atoms with Crippen molar-refractivity contribution in [3.05, 3.63) is 35.1 Å². The molecule has 0 N–H and O–H groups in total. The SMILES string of the molecule is Cc1oc2ccc(CC3CC3)cc2c1C(=O)[N+](C)(C)C(C)C=O. The van der Waals surface area contributed by atoms with Gasteiger partial charge in [-0.2, -0.15) is 0 Å². The van der Waals surface area contributed by atoms with Crippen LogP contribution in [0, 0.1) is 12.8 Å².